The number of para-hydroxylation sites is 1. The van der Waals surface area contributed by atoms with E-state index in [9.17, 15) is 9.59 Å². The van der Waals surface area contributed by atoms with Gasteiger partial charge in [-0.25, -0.2) is 0 Å². The van der Waals surface area contributed by atoms with Crippen LogP contribution in [-0.4, -0.2) is 31.1 Å². The Kier molecular flexibility index (Phi) is 4.79. The number of rotatable bonds is 3. The highest BCUT2D eigenvalue weighted by Crippen LogP contribution is 2.31. The van der Waals surface area contributed by atoms with Gasteiger partial charge in [-0.05, 0) is 55.2 Å². The van der Waals surface area contributed by atoms with Crippen molar-refractivity contribution in [3.63, 3.8) is 0 Å². The molecule has 0 fully saturated rings. The Hall–Kier alpha value is -2.53. The van der Waals surface area contributed by atoms with Crippen LogP contribution in [0.4, 0.5) is 5.69 Å². The maximum Gasteiger partial charge on any atom is 0.313 e. The van der Waals surface area contributed by atoms with Crippen molar-refractivity contribution in [3.8, 4) is 5.75 Å². The third kappa shape index (κ3) is 3.52. The van der Waals surface area contributed by atoms with Gasteiger partial charge < -0.3 is 14.4 Å². The van der Waals surface area contributed by atoms with E-state index < -0.39 is 18.0 Å². The number of hydrogen-bond acceptors (Lipinski definition) is 4. The first kappa shape index (κ1) is 17.9. The van der Waals surface area contributed by atoms with Crippen molar-refractivity contribution in [1.82, 2.24) is 0 Å². The Balaban J connectivity index is 1.40. The van der Waals surface area contributed by atoms with Crippen LogP contribution in [0.3, 0.4) is 0 Å². The van der Waals surface area contributed by atoms with E-state index in [0.717, 1.165) is 29.0 Å². The highest BCUT2D eigenvalue weighted by molar-refractivity contribution is 6.30. The van der Waals surface area contributed by atoms with Crippen molar-refractivity contribution in [3.05, 3.63) is 58.6 Å². The molecule has 0 unspecified atom stereocenters. The molecule has 0 aromatic heterocycles. The van der Waals surface area contributed by atoms with Crippen LogP contribution < -0.4 is 9.64 Å². The lowest BCUT2D eigenvalue weighted by atomic mass is 9.97. The smallest absolute Gasteiger partial charge is 0.313 e. The third-order valence-electron chi connectivity index (χ3n) is 5.06. The molecule has 5 nitrogen and oxygen atoms in total. The summed E-state index contributed by atoms with van der Waals surface area (Å²) in [5, 5.41) is 0.600. The standard InChI is InChI=1S/C21H20ClNO4/c1-13(20(24)23-9-8-14-4-2-3-5-18(14)23)27-21(25)16-10-15-11-17(22)6-7-19(15)26-12-16/h2-7,11,13,16H,8-10,12H2,1H3/t13-,16+/m1/s1. The number of anilines is 1. The minimum Gasteiger partial charge on any atom is -0.492 e. The first-order valence-corrected chi connectivity index (χ1v) is 9.41. The van der Waals surface area contributed by atoms with Gasteiger partial charge in [0.05, 0.1) is 5.92 Å². The molecule has 0 bridgehead atoms. The highest BCUT2D eigenvalue weighted by Gasteiger charge is 2.33. The van der Waals surface area contributed by atoms with Gasteiger partial charge in [0.25, 0.3) is 5.91 Å². The average molecular weight is 386 g/mol. The first-order chi connectivity index (χ1) is 13.0. The molecule has 0 saturated carbocycles. The summed E-state index contributed by atoms with van der Waals surface area (Å²) in [5.41, 5.74) is 2.91. The number of ether oxygens (including phenoxy) is 2. The lowest BCUT2D eigenvalue weighted by molar-refractivity contribution is -0.159. The van der Waals surface area contributed by atoms with E-state index in [1.165, 1.54) is 0 Å². The topological polar surface area (TPSA) is 55.8 Å². The SMILES string of the molecule is C[C@@H](OC(=O)[C@@H]1COc2ccc(Cl)cc2C1)C(=O)N1CCc2ccccc21. The zero-order valence-corrected chi connectivity index (χ0v) is 15.7. The van der Waals surface area contributed by atoms with Crippen LogP contribution in [0.15, 0.2) is 42.5 Å². The van der Waals surface area contributed by atoms with Gasteiger partial charge in [0, 0.05) is 17.3 Å². The molecule has 4 rings (SSSR count). The molecule has 27 heavy (non-hydrogen) atoms. The van der Waals surface area contributed by atoms with Crippen LogP contribution in [0.2, 0.25) is 5.02 Å². The summed E-state index contributed by atoms with van der Waals surface area (Å²) >= 11 is 6.02. The molecule has 2 aliphatic rings. The number of hydrogen-bond donors (Lipinski definition) is 0. The Morgan fingerprint density at radius 3 is 2.89 bits per heavy atom. The fraction of sp³-hybridized carbons (Fsp3) is 0.333. The molecule has 2 heterocycles. The monoisotopic (exact) mass is 385 g/mol. The summed E-state index contributed by atoms with van der Waals surface area (Å²) in [5.74, 6) is -0.333. The summed E-state index contributed by atoms with van der Waals surface area (Å²) in [6.07, 6.45) is 0.461. The fourth-order valence-corrected chi connectivity index (χ4v) is 3.82. The maximum absolute atomic E-state index is 12.8. The molecule has 0 saturated heterocycles. The molecule has 2 aromatic rings. The number of nitrogens with zero attached hydrogens (tertiary/aromatic N) is 1. The molecule has 0 spiro atoms. The van der Waals surface area contributed by atoms with Gasteiger partial charge in [-0.2, -0.15) is 0 Å². The van der Waals surface area contributed by atoms with Gasteiger partial charge in [0.15, 0.2) is 6.10 Å². The van der Waals surface area contributed by atoms with Crippen LogP contribution in [0.5, 0.6) is 5.75 Å². The lowest BCUT2D eigenvalue weighted by Gasteiger charge is -2.26. The minimum atomic E-state index is -0.843. The van der Waals surface area contributed by atoms with Crippen LogP contribution in [0.25, 0.3) is 0 Å². The average Bonchev–Trinajstić information content (AvgIpc) is 3.10. The molecule has 2 aliphatic heterocycles. The van der Waals surface area contributed by atoms with E-state index >= 15 is 0 Å². The molecule has 140 valence electrons. The summed E-state index contributed by atoms with van der Waals surface area (Å²) in [6, 6.07) is 13.2. The van der Waals surface area contributed by atoms with Gasteiger partial charge in [0.1, 0.15) is 12.4 Å². The largest absolute Gasteiger partial charge is 0.492 e. The fourth-order valence-electron chi connectivity index (χ4n) is 3.62. The molecular formula is C21H20ClNO4. The van der Waals surface area contributed by atoms with Crippen molar-refractivity contribution < 1.29 is 19.1 Å². The zero-order chi connectivity index (χ0) is 19.0. The number of halogens is 1. The van der Waals surface area contributed by atoms with E-state index in [0.29, 0.717) is 18.0 Å². The zero-order valence-electron chi connectivity index (χ0n) is 15.0. The van der Waals surface area contributed by atoms with Gasteiger partial charge in [-0.15, -0.1) is 0 Å². The van der Waals surface area contributed by atoms with Gasteiger partial charge in [-0.1, -0.05) is 29.8 Å². The minimum absolute atomic E-state index is 0.200. The summed E-state index contributed by atoms with van der Waals surface area (Å²) in [4.78, 5) is 27.0. The molecule has 2 aromatic carbocycles. The molecule has 0 radical (unpaired) electrons. The first-order valence-electron chi connectivity index (χ1n) is 9.04. The van der Waals surface area contributed by atoms with Crippen LogP contribution in [0.1, 0.15) is 18.1 Å². The molecule has 1 amide bonds. The van der Waals surface area contributed by atoms with Gasteiger partial charge >= 0.3 is 5.97 Å². The predicted octanol–water partition coefficient (Wildman–Crippen LogP) is 3.41. The Labute approximate surface area is 162 Å². The van der Waals surface area contributed by atoms with Crippen molar-refractivity contribution in [1.29, 1.82) is 0 Å². The van der Waals surface area contributed by atoms with Crippen LogP contribution >= 0.6 is 11.6 Å². The number of fused-ring (bicyclic) bond motifs is 2. The Morgan fingerprint density at radius 2 is 2.04 bits per heavy atom. The van der Waals surface area contributed by atoms with E-state index in [2.05, 4.69) is 0 Å². The number of carbonyl (C=O) groups excluding carboxylic acids is 2. The van der Waals surface area contributed by atoms with Crippen LogP contribution in [-0.2, 0) is 27.2 Å². The van der Waals surface area contributed by atoms with Crippen molar-refractivity contribution >= 4 is 29.2 Å². The van der Waals surface area contributed by atoms with Crippen molar-refractivity contribution in [2.75, 3.05) is 18.1 Å². The summed E-state index contributed by atoms with van der Waals surface area (Å²) in [6.45, 7) is 2.47. The van der Waals surface area contributed by atoms with E-state index in [1.807, 2.05) is 24.3 Å². The number of esters is 1. The Morgan fingerprint density at radius 1 is 1.22 bits per heavy atom. The van der Waals surface area contributed by atoms with E-state index in [1.54, 1.807) is 30.0 Å². The Bertz CT molecular complexity index is 898. The number of amides is 1. The number of carbonyl (C=O) groups is 2. The number of benzene rings is 2. The molecule has 0 N–H and O–H groups in total. The second-order valence-electron chi connectivity index (χ2n) is 6.91. The molecular weight excluding hydrogens is 366 g/mol. The molecule has 2 atom stereocenters. The quantitative estimate of drug-likeness (QED) is 0.760. The lowest BCUT2D eigenvalue weighted by Crippen LogP contribution is -2.41. The van der Waals surface area contributed by atoms with Crippen LogP contribution in [0, 0.1) is 5.92 Å². The van der Waals surface area contributed by atoms with Gasteiger partial charge in [0.2, 0.25) is 0 Å². The summed E-state index contributed by atoms with van der Waals surface area (Å²) in [7, 11) is 0. The molecule has 6 heteroatoms. The predicted molar refractivity (Wildman–Crippen MR) is 102 cm³/mol. The second-order valence-corrected chi connectivity index (χ2v) is 7.35. The van der Waals surface area contributed by atoms with Gasteiger partial charge in [-0.3, -0.25) is 9.59 Å². The maximum atomic E-state index is 12.8. The second kappa shape index (κ2) is 7.24. The van der Waals surface area contributed by atoms with E-state index in [4.69, 9.17) is 21.1 Å². The normalized spacial score (nSPS) is 18.9. The highest BCUT2D eigenvalue weighted by atomic mass is 35.5. The molecule has 0 aliphatic carbocycles. The van der Waals surface area contributed by atoms with E-state index in [-0.39, 0.29) is 12.5 Å². The third-order valence-corrected chi connectivity index (χ3v) is 5.29. The van der Waals surface area contributed by atoms with Crippen molar-refractivity contribution in [2.45, 2.75) is 25.9 Å². The summed E-state index contributed by atoms with van der Waals surface area (Å²) < 4.78 is 11.1. The van der Waals surface area contributed by atoms with Crippen molar-refractivity contribution in [2.24, 2.45) is 5.92 Å².